The third kappa shape index (κ3) is 5.25. The van der Waals surface area contributed by atoms with Crippen LogP contribution in [0.5, 0.6) is 11.5 Å². The van der Waals surface area contributed by atoms with Gasteiger partial charge in [0, 0.05) is 5.69 Å². The van der Waals surface area contributed by atoms with Gasteiger partial charge in [0.1, 0.15) is 16.9 Å². The van der Waals surface area contributed by atoms with E-state index >= 15 is 0 Å². The normalized spacial score (nSPS) is 11.1. The molecule has 0 aliphatic rings. The van der Waals surface area contributed by atoms with E-state index in [0.717, 1.165) is 11.3 Å². The van der Waals surface area contributed by atoms with Gasteiger partial charge in [-0.2, -0.15) is 0 Å². The van der Waals surface area contributed by atoms with Gasteiger partial charge >= 0.3 is 0 Å². The van der Waals surface area contributed by atoms with Crippen LogP contribution >= 0.6 is 0 Å². The average molecular weight is 384 g/mol. The Morgan fingerprint density at radius 1 is 0.964 bits per heavy atom. The van der Waals surface area contributed by atoms with Crippen molar-refractivity contribution < 1.29 is 19.1 Å². The number of aryl methyl sites for hydroxylation is 1. The van der Waals surface area contributed by atoms with Crippen LogP contribution in [-0.2, 0) is 9.59 Å². The second-order valence-electron chi connectivity index (χ2n) is 7.43. The third-order valence-electron chi connectivity index (χ3n) is 4.22. The van der Waals surface area contributed by atoms with Gasteiger partial charge in [-0.25, -0.2) is 0 Å². The molecule has 0 atom stereocenters. The monoisotopic (exact) mass is 384 g/mol. The van der Waals surface area contributed by atoms with Crippen molar-refractivity contribution in [1.29, 1.82) is 0 Å². The number of nitrogens with one attached hydrogen (secondary N) is 2. The maximum absolute atomic E-state index is 12.8. The van der Waals surface area contributed by atoms with Gasteiger partial charge in [0.15, 0.2) is 0 Å². The topological polar surface area (TPSA) is 76.7 Å². The van der Waals surface area contributed by atoms with Gasteiger partial charge in [-0.3, -0.25) is 9.59 Å². The summed E-state index contributed by atoms with van der Waals surface area (Å²) < 4.78 is 10.9. The SMILES string of the molecule is COc1ccc(C)cc1NC(=O)C(C)(C)C(=O)Nc1ccc(OC(C)C)cc1. The van der Waals surface area contributed by atoms with Crippen molar-refractivity contribution in [3.63, 3.8) is 0 Å². The number of carbonyl (C=O) groups is 2. The largest absolute Gasteiger partial charge is 0.495 e. The highest BCUT2D eigenvalue weighted by Crippen LogP contribution is 2.28. The van der Waals surface area contributed by atoms with Gasteiger partial charge in [0.05, 0.1) is 18.9 Å². The number of amides is 2. The first-order valence-electron chi connectivity index (χ1n) is 9.17. The lowest BCUT2D eigenvalue weighted by molar-refractivity contribution is -0.135. The predicted molar refractivity (Wildman–Crippen MR) is 111 cm³/mol. The molecule has 2 aromatic carbocycles. The van der Waals surface area contributed by atoms with Crippen LogP contribution in [0.25, 0.3) is 0 Å². The molecule has 6 nitrogen and oxygen atoms in total. The number of carbonyl (C=O) groups excluding carboxylic acids is 2. The van der Waals surface area contributed by atoms with Gasteiger partial charge in [0.25, 0.3) is 0 Å². The molecule has 0 saturated carbocycles. The van der Waals surface area contributed by atoms with Crippen molar-refractivity contribution in [2.45, 2.75) is 40.7 Å². The summed E-state index contributed by atoms with van der Waals surface area (Å²) in [6.45, 7) is 8.96. The second-order valence-corrected chi connectivity index (χ2v) is 7.43. The molecular formula is C22H28N2O4. The molecule has 2 N–H and O–H groups in total. The molecule has 0 aliphatic heterocycles. The Labute approximate surface area is 166 Å². The summed E-state index contributed by atoms with van der Waals surface area (Å²) >= 11 is 0. The minimum Gasteiger partial charge on any atom is -0.495 e. The van der Waals surface area contributed by atoms with Crippen LogP contribution < -0.4 is 20.1 Å². The molecule has 6 heteroatoms. The number of hydrogen-bond donors (Lipinski definition) is 2. The Morgan fingerprint density at radius 2 is 1.57 bits per heavy atom. The Balaban J connectivity index is 2.09. The number of methoxy groups -OCH3 is 1. The molecule has 2 rings (SSSR count). The lowest BCUT2D eigenvalue weighted by atomic mass is 9.90. The van der Waals surface area contributed by atoms with Crippen molar-refractivity contribution in [3.8, 4) is 11.5 Å². The highest BCUT2D eigenvalue weighted by molar-refractivity contribution is 6.14. The molecule has 0 bridgehead atoms. The number of hydrogen-bond acceptors (Lipinski definition) is 4. The fourth-order valence-electron chi connectivity index (χ4n) is 2.48. The summed E-state index contributed by atoms with van der Waals surface area (Å²) in [5.41, 5.74) is 0.808. The van der Waals surface area contributed by atoms with Gasteiger partial charge in [-0.15, -0.1) is 0 Å². The highest BCUT2D eigenvalue weighted by atomic mass is 16.5. The molecule has 2 amide bonds. The maximum Gasteiger partial charge on any atom is 0.239 e. The summed E-state index contributed by atoms with van der Waals surface area (Å²) in [5, 5.41) is 5.58. The number of rotatable bonds is 7. The van der Waals surface area contributed by atoms with Gasteiger partial charge in [0.2, 0.25) is 11.8 Å². The minimum absolute atomic E-state index is 0.0710. The third-order valence-corrected chi connectivity index (χ3v) is 4.22. The molecule has 0 spiro atoms. The summed E-state index contributed by atoms with van der Waals surface area (Å²) in [4.78, 5) is 25.5. The zero-order chi connectivity index (χ0) is 20.9. The van der Waals surface area contributed by atoms with E-state index in [9.17, 15) is 9.59 Å². The van der Waals surface area contributed by atoms with Crippen molar-refractivity contribution in [2.24, 2.45) is 5.41 Å². The van der Waals surface area contributed by atoms with Crippen LogP contribution in [0.2, 0.25) is 0 Å². The number of anilines is 2. The molecule has 0 aromatic heterocycles. The Kier molecular flexibility index (Phi) is 6.67. The first-order valence-corrected chi connectivity index (χ1v) is 9.17. The summed E-state index contributed by atoms with van der Waals surface area (Å²) in [6, 6.07) is 12.5. The van der Waals surface area contributed by atoms with E-state index in [-0.39, 0.29) is 6.10 Å². The fourth-order valence-corrected chi connectivity index (χ4v) is 2.48. The van der Waals surface area contributed by atoms with E-state index in [2.05, 4.69) is 10.6 Å². The smallest absolute Gasteiger partial charge is 0.239 e. The molecule has 150 valence electrons. The van der Waals surface area contributed by atoms with E-state index in [1.165, 1.54) is 7.11 Å². The van der Waals surface area contributed by atoms with Crippen molar-refractivity contribution in [1.82, 2.24) is 0 Å². The van der Waals surface area contributed by atoms with E-state index in [1.54, 1.807) is 50.2 Å². The lowest BCUT2D eigenvalue weighted by Gasteiger charge is -2.23. The van der Waals surface area contributed by atoms with E-state index < -0.39 is 17.2 Å². The van der Waals surface area contributed by atoms with Crippen molar-refractivity contribution in [3.05, 3.63) is 48.0 Å². The molecular weight excluding hydrogens is 356 g/mol. The molecule has 0 aliphatic carbocycles. The van der Waals surface area contributed by atoms with Gasteiger partial charge in [-0.05, 0) is 76.6 Å². The lowest BCUT2D eigenvalue weighted by Crippen LogP contribution is -2.41. The van der Waals surface area contributed by atoms with Crippen molar-refractivity contribution >= 4 is 23.2 Å². The first kappa shape index (κ1) is 21.3. The quantitative estimate of drug-likeness (QED) is 0.694. The predicted octanol–water partition coefficient (Wildman–Crippen LogP) is 4.39. The van der Waals surface area contributed by atoms with Gasteiger partial charge in [-0.1, -0.05) is 6.07 Å². The molecule has 0 heterocycles. The summed E-state index contributed by atoms with van der Waals surface area (Å²) in [5.74, 6) is 0.426. The molecule has 2 aromatic rings. The molecule has 0 fully saturated rings. The Morgan fingerprint density at radius 3 is 2.14 bits per heavy atom. The molecule has 0 radical (unpaired) electrons. The second kappa shape index (κ2) is 8.78. The van der Waals surface area contributed by atoms with E-state index in [1.807, 2.05) is 26.8 Å². The van der Waals surface area contributed by atoms with E-state index in [4.69, 9.17) is 9.47 Å². The zero-order valence-electron chi connectivity index (χ0n) is 17.3. The Bertz CT molecular complexity index is 842. The van der Waals surface area contributed by atoms with Crippen molar-refractivity contribution in [2.75, 3.05) is 17.7 Å². The highest BCUT2D eigenvalue weighted by Gasteiger charge is 2.36. The van der Waals surface area contributed by atoms with Gasteiger partial charge < -0.3 is 20.1 Å². The maximum atomic E-state index is 12.8. The number of ether oxygens (including phenoxy) is 2. The summed E-state index contributed by atoms with van der Waals surface area (Å²) in [7, 11) is 1.53. The molecule has 28 heavy (non-hydrogen) atoms. The van der Waals surface area contributed by atoms with Crippen LogP contribution in [0.3, 0.4) is 0 Å². The molecule has 0 saturated heterocycles. The van der Waals surface area contributed by atoms with Crippen LogP contribution in [0.15, 0.2) is 42.5 Å². The van der Waals surface area contributed by atoms with Crippen LogP contribution in [-0.4, -0.2) is 25.0 Å². The molecule has 0 unspecified atom stereocenters. The number of benzene rings is 2. The van der Waals surface area contributed by atoms with Crippen LogP contribution in [0, 0.1) is 12.3 Å². The minimum atomic E-state index is -1.29. The standard InChI is InChI=1S/C22H28N2O4/c1-14(2)28-17-10-8-16(9-11-17)23-20(25)22(4,5)21(26)24-18-13-15(3)7-12-19(18)27-6/h7-14H,1-6H3,(H,23,25)(H,24,26). The zero-order valence-corrected chi connectivity index (χ0v) is 17.3. The summed E-state index contributed by atoms with van der Waals surface area (Å²) in [6.07, 6.45) is 0.0710. The average Bonchev–Trinajstić information content (AvgIpc) is 2.63. The van der Waals surface area contributed by atoms with Crippen LogP contribution in [0.4, 0.5) is 11.4 Å². The Hall–Kier alpha value is -3.02. The fraction of sp³-hybridized carbons (Fsp3) is 0.364. The van der Waals surface area contributed by atoms with Crippen LogP contribution in [0.1, 0.15) is 33.3 Å². The first-order chi connectivity index (χ1) is 13.1. The van der Waals surface area contributed by atoms with E-state index in [0.29, 0.717) is 17.1 Å².